The average Bonchev–Trinajstić information content (AvgIpc) is 2.36. The van der Waals surface area contributed by atoms with E-state index in [4.69, 9.17) is 0 Å². The summed E-state index contributed by atoms with van der Waals surface area (Å²) in [5.41, 5.74) is 2.19. The quantitative estimate of drug-likeness (QED) is 0.780. The number of anilines is 1. The molecule has 0 saturated carbocycles. The summed E-state index contributed by atoms with van der Waals surface area (Å²) in [6.45, 7) is 3.99. The molecule has 0 fully saturated rings. The predicted molar refractivity (Wildman–Crippen MR) is 74.6 cm³/mol. The highest BCUT2D eigenvalue weighted by Gasteiger charge is 2.31. The van der Waals surface area contributed by atoms with Crippen molar-refractivity contribution in [2.45, 2.75) is 26.6 Å². The summed E-state index contributed by atoms with van der Waals surface area (Å²) in [6, 6.07) is 8.29. The van der Waals surface area contributed by atoms with E-state index in [1.807, 2.05) is 32.0 Å². The van der Waals surface area contributed by atoms with Crippen LogP contribution in [0.3, 0.4) is 0 Å². The fraction of sp³-hybridized carbons (Fsp3) is 0.250. The predicted octanol–water partition coefficient (Wildman–Crippen LogP) is 5.07. The van der Waals surface area contributed by atoms with Gasteiger partial charge in [-0.1, -0.05) is 17.7 Å². The molecule has 0 saturated heterocycles. The molecule has 1 N–H and O–H groups in total. The molecule has 0 bridgehead atoms. The molecule has 0 radical (unpaired) electrons. The Morgan fingerprint density at radius 1 is 1.00 bits per heavy atom. The van der Waals surface area contributed by atoms with E-state index < -0.39 is 17.6 Å². The van der Waals surface area contributed by atoms with E-state index in [1.165, 1.54) is 0 Å². The first-order valence-corrected chi connectivity index (χ1v) is 6.43. The molecule has 2 rings (SSSR count). The Balaban J connectivity index is 2.18. The molecule has 0 aliphatic heterocycles. The number of hydrogen-bond acceptors (Lipinski definition) is 1. The highest BCUT2D eigenvalue weighted by molar-refractivity contribution is 5.52. The average molecular weight is 297 g/mol. The van der Waals surface area contributed by atoms with E-state index in [0.29, 0.717) is 6.07 Å². The standard InChI is InChI=1S/C16H15F4N/c1-10-3-4-15(11(2)5-10)21-9-12-6-13(16(18,19)20)8-14(17)7-12/h3-8,21H,9H2,1-2H3. The van der Waals surface area contributed by atoms with Crippen molar-refractivity contribution in [2.75, 3.05) is 5.32 Å². The van der Waals surface area contributed by atoms with E-state index in [-0.39, 0.29) is 12.1 Å². The minimum atomic E-state index is -4.55. The van der Waals surface area contributed by atoms with Crippen LogP contribution < -0.4 is 5.32 Å². The third-order valence-corrected chi connectivity index (χ3v) is 3.15. The molecule has 0 spiro atoms. The second-order valence-corrected chi connectivity index (χ2v) is 5.02. The monoisotopic (exact) mass is 297 g/mol. The molecule has 1 nitrogen and oxygen atoms in total. The molecule has 112 valence electrons. The lowest BCUT2D eigenvalue weighted by Crippen LogP contribution is -2.08. The summed E-state index contributed by atoms with van der Waals surface area (Å²) in [5, 5.41) is 3.03. The Bertz CT molecular complexity index is 647. The minimum absolute atomic E-state index is 0.130. The largest absolute Gasteiger partial charge is 0.416 e. The summed E-state index contributed by atoms with van der Waals surface area (Å²) in [4.78, 5) is 0. The third kappa shape index (κ3) is 3.97. The van der Waals surface area contributed by atoms with Gasteiger partial charge in [0.05, 0.1) is 5.56 Å². The fourth-order valence-corrected chi connectivity index (χ4v) is 2.13. The SMILES string of the molecule is Cc1ccc(NCc2cc(F)cc(C(F)(F)F)c2)c(C)c1. The zero-order valence-corrected chi connectivity index (χ0v) is 11.7. The molecule has 0 aliphatic carbocycles. The van der Waals surface area contributed by atoms with E-state index in [0.717, 1.165) is 28.9 Å². The van der Waals surface area contributed by atoms with E-state index >= 15 is 0 Å². The van der Waals surface area contributed by atoms with E-state index in [9.17, 15) is 17.6 Å². The Morgan fingerprint density at radius 2 is 1.71 bits per heavy atom. The molecule has 0 atom stereocenters. The molecule has 0 aromatic heterocycles. The maximum atomic E-state index is 13.3. The Hall–Kier alpha value is -2.04. The van der Waals surface area contributed by atoms with Gasteiger partial charge in [0, 0.05) is 12.2 Å². The van der Waals surface area contributed by atoms with Crippen LogP contribution in [0.25, 0.3) is 0 Å². The van der Waals surface area contributed by atoms with Crippen LogP contribution in [0.2, 0.25) is 0 Å². The van der Waals surface area contributed by atoms with Crippen LogP contribution in [-0.2, 0) is 12.7 Å². The van der Waals surface area contributed by atoms with Crippen LogP contribution in [-0.4, -0.2) is 0 Å². The van der Waals surface area contributed by atoms with Crippen molar-refractivity contribution in [3.05, 3.63) is 64.5 Å². The molecule has 5 heteroatoms. The molecule has 0 amide bonds. The van der Waals surface area contributed by atoms with Gasteiger partial charge in [0.25, 0.3) is 0 Å². The van der Waals surface area contributed by atoms with Crippen LogP contribution in [0.1, 0.15) is 22.3 Å². The zero-order valence-electron chi connectivity index (χ0n) is 11.7. The maximum absolute atomic E-state index is 13.3. The van der Waals surface area contributed by atoms with Crippen molar-refractivity contribution in [1.82, 2.24) is 0 Å². The second-order valence-electron chi connectivity index (χ2n) is 5.02. The smallest absolute Gasteiger partial charge is 0.381 e. The highest BCUT2D eigenvalue weighted by atomic mass is 19.4. The van der Waals surface area contributed by atoms with Crippen molar-refractivity contribution in [1.29, 1.82) is 0 Å². The highest BCUT2D eigenvalue weighted by Crippen LogP contribution is 2.30. The Morgan fingerprint density at radius 3 is 2.33 bits per heavy atom. The summed E-state index contributed by atoms with van der Waals surface area (Å²) < 4.78 is 51.2. The maximum Gasteiger partial charge on any atom is 0.416 e. The minimum Gasteiger partial charge on any atom is -0.381 e. The van der Waals surface area contributed by atoms with Crippen LogP contribution in [0.5, 0.6) is 0 Å². The van der Waals surface area contributed by atoms with Gasteiger partial charge < -0.3 is 5.32 Å². The topological polar surface area (TPSA) is 12.0 Å². The molecule has 0 aliphatic rings. The lowest BCUT2D eigenvalue weighted by molar-refractivity contribution is -0.137. The number of alkyl halides is 3. The number of nitrogens with one attached hydrogen (secondary N) is 1. The van der Waals surface area contributed by atoms with Gasteiger partial charge in [-0.3, -0.25) is 0 Å². The normalized spacial score (nSPS) is 11.5. The first kappa shape index (κ1) is 15.4. The summed E-state index contributed by atoms with van der Waals surface area (Å²) in [7, 11) is 0. The van der Waals surface area contributed by atoms with Gasteiger partial charge in [-0.25, -0.2) is 4.39 Å². The van der Waals surface area contributed by atoms with Crippen molar-refractivity contribution in [3.8, 4) is 0 Å². The first-order valence-electron chi connectivity index (χ1n) is 6.43. The number of aryl methyl sites for hydroxylation is 2. The van der Waals surface area contributed by atoms with Gasteiger partial charge in [0.1, 0.15) is 5.82 Å². The van der Waals surface area contributed by atoms with Gasteiger partial charge in [-0.2, -0.15) is 13.2 Å². The molecule has 0 heterocycles. The molecule has 0 unspecified atom stereocenters. The van der Waals surface area contributed by atoms with Crippen LogP contribution in [0.4, 0.5) is 23.2 Å². The zero-order chi connectivity index (χ0) is 15.6. The van der Waals surface area contributed by atoms with Crippen molar-refractivity contribution in [3.63, 3.8) is 0 Å². The number of halogens is 4. The van der Waals surface area contributed by atoms with Gasteiger partial charge in [0.15, 0.2) is 0 Å². The van der Waals surface area contributed by atoms with Crippen molar-refractivity contribution in [2.24, 2.45) is 0 Å². The first-order chi connectivity index (χ1) is 9.75. The van der Waals surface area contributed by atoms with E-state index in [2.05, 4.69) is 5.32 Å². The summed E-state index contributed by atoms with van der Waals surface area (Å²) in [6.07, 6.45) is -4.55. The third-order valence-electron chi connectivity index (χ3n) is 3.15. The molecule has 21 heavy (non-hydrogen) atoms. The summed E-state index contributed by atoms with van der Waals surface area (Å²) >= 11 is 0. The van der Waals surface area contributed by atoms with Crippen LogP contribution in [0.15, 0.2) is 36.4 Å². The molecular weight excluding hydrogens is 282 g/mol. The molecular formula is C16H15F4N. The number of hydrogen-bond donors (Lipinski definition) is 1. The van der Waals surface area contributed by atoms with Crippen LogP contribution in [0, 0.1) is 19.7 Å². The van der Waals surface area contributed by atoms with Crippen LogP contribution >= 0.6 is 0 Å². The lowest BCUT2D eigenvalue weighted by atomic mass is 10.1. The van der Waals surface area contributed by atoms with Gasteiger partial charge in [0.2, 0.25) is 0 Å². The van der Waals surface area contributed by atoms with E-state index in [1.54, 1.807) is 0 Å². The number of benzene rings is 2. The van der Waals surface area contributed by atoms with Gasteiger partial charge in [-0.05, 0) is 49.2 Å². The summed E-state index contributed by atoms with van der Waals surface area (Å²) in [5.74, 6) is -0.887. The lowest BCUT2D eigenvalue weighted by Gasteiger charge is -2.12. The fourth-order valence-electron chi connectivity index (χ4n) is 2.13. The van der Waals surface area contributed by atoms with Gasteiger partial charge in [-0.15, -0.1) is 0 Å². The Labute approximate surface area is 120 Å². The Kier molecular flexibility index (Phi) is 4.21. The van der Waals surface area contributed by atoms with Crippen molar-refractivity contribution >= 4 is 5.69 Å². The number of rotatable bonds is 3. The van der Waals surface area contributed by atoms with Crippen molar-refractivity contribution < 1.29 is 17.6 Å². The second kappa shape index (κ2) is 5.76. The van der Waals surface area contributed by atoms with Gasteiger partial charge >= 0.3 is 6.18 Å². The molecule has 2 aromatic carbocycles. The molecule has 2 aromatic rings.